The van der Waals surface area contributed by atoms with E-state index in [0.717, 1.165) is 48.7 Å². The molecule has 3 aromatic heterocycles. The van der Waals surface area contributed by atoms with E-state index in [1.54, 1.807) is 12.4 Å². The molecule has 4 rings (SSSR count). The third-order valence-corrected chi connectivity index (χ3v) is 4.13. The molecule has 22 heavy (non-hydrogen) atoms. The lowest BCUT2D eigenvalue weighted by Gasteiger charge is -2.22. The Morgan fingerprint density at radius 2 is 2.09 bits per heavy atom. The number of hydrogen-bond donors (Lipinski definition) is 0. The molecule has 0 saturated carbocycles. The first-order chi connectivity index (χ1) is 10.9. The third-order valence-electron chi connectivity index (χ3n) is 4.13. The Morgan fingerprint density at radius 3 is 2.91 bits per heavy atom. The number of hydrogen-bond acceptors (Lipinski definition) is 4. The fraction of sp³-hybridized carbons (Fsp3) is 0.353. The van der Waals surface area contributed by atoms with Crippen LogP contribution in [0, 0.1) is 5.92 Å². The number of rotatable bonds is 3. The van der Waals surface area contributed by atoms with Crippen LogP contribution in [0.1, 0.15) is 18.7 Å². The lowest BCUT2D eigenvalue weighted by molar-refractivity contribution is 0.0542. The van der Waals surface area contributed by atoms with Crippen molar-refractivity contribution >= 4 is 11.2 Å². The van der Waals surface area contributed by atoms with Crippen LogP contribution in [0.25, 0.3) is 16.9 Å². The van der Waals surface area contributed by atoms with Gasteiger partial charge >= 0.3 is 0 Å². The summed E-state index contributed by atoms with van der Waals surface area (Å²) in [6.45, 7) is 1.71. The standard InChI is InChI=1S/C17H18N4O/c1-4-15-17(19-7-1)21(14-5-8-18-9-6-14)16(20-15)11-13-3-2-10-22-12-13/h1,4-9,13H,2-3,10-12H2. The minimum atomic E-state index is 0.533. The molecule has 5 heteroatoms. The molecule has 0 spiro atoms. The van der Waals surface area contributed by atoms with E-state index in [4.69, 9.17) is 9.72 Å². The quantitative estimate of drug-likeness (QED) is 0.745. The first kappa shape index (κ1) is 13.4. The van der Waals surface area contributed by atoms with Gasteiger partial charge in [-0.25, -0.2) is 9.97 Å². The highest BCUT2D eigenvalue weighted by Gasteiger charge is 2.20. The van der Waals surface area contributed by atoms with Gasteiger partial charge in [0.05, 0.1) is 5.69 Å². The highest BCUT2D eigenvalue weighted by atomic mass is 16.5. The van der Waals surface area contributed by atoms with Gasteiger partial charge in [-0.15, -0.1) is 0 Å². The average Bonchev–Trinajstić information content (AvgIpc) is 2.94. The van der Waals surface area contributed by atoms with E-state index in [1.165, 1.54) is 6.42 Å². The number of aromatic nitrogens is 4. The van der Waals surface area contributed by atoms with Crippen molar-refractivity contribution in [2.24, 2.45) is 5.92 Å². The fourth-order valence-corrected chi connectivity index (χ4v) is 3.09. The lowest BCUT2D eigenvalue weighted by Crippen LogP contribution is -2.20. The van der Waals surface area contributed by atoms with Crippen molar-refractivity contribution in [3.8, 4) is 5.69 Å². The van der Waals surface area contributed by atoms with Crippen LogP contribution in [0.15, 0.2) is 42.9 Å². The van der Waals surface area contributed by atoms with E-state index in [9.17, 15) is 0 Å². The van der Waals surface area contributed by atoms with Crippen LogP contribution in [0.5, 0.6) is 0 Å². The van der Waals surface area contributed by atoms with Crippen molar-refractivity contribution in [1.29, 1.82) is 0 Å². The minimum Gasteiger partial charge on any atom is -0.381 e. The van der Waals surface area contributed by atoms with Crippen LogP contribution < -0.4 is 0 Å². The molecule has 0 N–H and O–H groups in total. The van der Waals surface area contributed by atoms with Crippen molar-refractivity contribution in [3.05, 3.63) is 48.7 Å². The van der Waals surface area contributed by atoms with Crippen molar-refractivity contribution in [1.82, 2.24) is 19.5 Å². The smallest absolute Gasteiger partial charge is 0.164 e. The van der Waals surface area contributed by atoms with E-state index in [-0.39, 0.29) is 0 Å². The van der Waals surface area contributed by atoms with Crippen LogP contribution in [-0.2, 0) is 11.2 Å². The minimum absolute atomic E-state index is 0.533. The summed E-state index contributed by atoms with van der Waals surface area (Å²) in [6, 6.07) is 7.94. The maximum absolute atomic E-state index is 5.61. The zero-order chi connectivity index (χ0) is 14.8. The van der Waals surface area contributed by atoms with Crippen molar-refractivity contribution in [3.63, 3.8) is 0 Å². The second-order valence-electron chi connectivity index (χ2n) is 5.70. The van der Waals surface area contributed by atoms with Crippen LogP contribution in [0.2, 0.25) is 0 Å². The topological polar surface area (TPSA) is 52.8 Å². The molecule has 1 aliphatic rings. The predicted molar refractivity (Wildman–Crippen MR) is 83.9 cm³/mol. The van der Waals surface area contributed by atoms with Gasteiger partial charge in [0.2, 0.25) is 0 Å². The Bertz CT molecular complexity index is 763. The van der Waals surface area contributed by atoms with E-state index in [0.29, 0.717) is 5.92 Å². The molecular weight excluding hydrogens is 276 g/mol. The van der Waals surface area contributed by atoms with Gasteiger partial charge < -0.3 is 4.74 Å². The van der Waals surface area contributed by atoms with Gasteiger partial charge in [0.25, 0.3) is 0 Å². The molecule has 0 aromatic carbocycles. The van der Waals surface area contributed by atoms with Crippen molar-refractivity contribution in [2.45, 2.75) is 19.3 Å². The summed E-state index contributed by atoms with van der Waals surface area (Å²) in [5.74, 6) is 1.58. The highest BCUT2D eigenvalue weighted by molar-refractivity contribution is 5.73. The summed E-state index contributed by atoms with van der Waals surface area (Å²) >= 11 is 0. The van der Waals surface area contributed by atoms with Crippen LogP contribution in [-0.4, -0.2) is 32.7 Å². The largest absolute Gasteiger partial charge is 0.381 e. The highest BCUT2D eigenvalue weighted by Crippen LogP contribution is 2.24. The number of imidazole rings is 1. The zero-order valence-corrected chi connectivity index (χ0v) is 12.4. The second kappa shape index (κ2) is 5.85. The number of nitrogens with zero attached hydrogens (tertiary/aromatic N) is 4. The van der Waals surface area contributed by atoms with E-state index < -0.39 is 0 Å². The van der Waals surface area contributed by atoms with Gasteiger partial charge in [0.1, 0.15) is 11.3 Å². The summed E-state index contributed by atoms with van der Waals surface area (Å²) in [6.07, 6.45) is 8.68. The summed E-state index contributed by atoms with van der Waals surface area (Å²) in [5, 5.41) is 0. The molecule has 1 saturated heterocycles. The van der Waals surface area contributed by atoms with E-state index >= 15 is 0 Å². The van der Waals surface area contributed by atoms with Gasteiger partial charge in [-0.05, 0) is 43.0 Å². The number of ether oxygens (including phenoxy) is 1. The molecule has 4 heterocycles. The first-order valence-corrected chi connectivity index (χ1v) is 7.72. The molecule has 3 aromatic rings. The van der Waals surface area contributed by atoms with Crippen molar-refractivity contribution in [2.75, 3.05) is 13.2 Å². The molecule has 112 valence electrons. The Kier molecular flexibility index (Phi) is 3.56. The lowest BCUT2D eigenvalue weighted by atomic mass is 9.98. The van der Waals surface area contributed by atoms with Crippen LogP contribution in [0.3, 0.4) is 0 Å². The van der Waals surface area contributed by atoms with Gasteiger partial charge in [-0.3, -0.25) is 9.55 Å². The van der Waals surface area contributed by atoms with E-state index in [2.05, 4.69) is 14.5 Å². The maximum Gasteiger partial charge on any atom is 0.164 e. The number of fused-ring (bicyclic) bond motifs is 1. The molecule has 5 nitrogen and oxygen atoms in total. The fourth-order valence-electron chi connectivity index (χ4n) is 3.09. The average molecular weight is 294 g/mol. The molecule has 0 aliphatic carbocycles. The maximum atomic E-state index is 5.61. The summed E-state index contributed by atoms with van der Waals surface area (Å²) in [5.41, 5.74) is 2.90. The SMILES string of the molecule is c1cnc2c(c1)nc(CC1CCCOC1)n2-c1ccncc1. The normalized spacial score (nSPS) is 18.6. The molecule has 1 atom stereocenters. The summed E-state index contributed by atoms with van der Waals surface area (Å²) in [4.78, 5) is 13.4. The van der Waals surface area contributed by atoms with Gasteiger partial charge in [-0.1, -0.05) is 0 Å². The molecule has 0 amide bonds. The Morgan fingerprint density at radius 1 is 1.18 bits per heavy atom. The zero-order valence-electron chi connectivity index (χ0n) is 12.4. The van der Waals surface area contributed by atoms with Gasteiger partial charge in [0.15, 0.2) is 5.65 Å². The molecule has 1 aliphatic heterocycles. The summed E-state index contributed by atoms with van der Waals surface area (Å²) < 4.78 is 7.76. The monoisotopic (exact) mass is 294 g/mol. The first-order valence-electron chi connectivity index (χ1n) is 7.72. The van der Waals surface area contributed by atoms with Crippen molar-refractivity contribution < 1.29 is 4.74 Å². The molecule has 0 radical (unpaired) electrons. The van der Waals surface area contributed by atoms with Crippen LogP contribution >= 0.6 is 0 Å². The van der Waals surface area contributed by atoms with Crippen LogP contribution in [0.4, 0.5) is 0 Å². The summed E-state index contributed by atoms with van der Waals surface area (Å²) in [7, 11) is 0. The number of pyridine rings is 2. The Balaban J connectivity index is 1.79. The molecule has 0 bridgehead atoms. The molecule has 1 fully saturated rings. The Hall–Kier alpha value is -2.27. The second-order valence-corrected chi connectivity index (χ2v) is 5.70. The predicted octanol–water partition coefficient (Wildman–Crippen LogP) is 2.78. The van der Waals surface area contributed by atoms with Gasteiger partial charge in [-0.2, -0.15) is 0 Å². The van der Waals surface area contributed by atoms with E-state index in [1.807, 2.05) is 30.5 Å². The molecular formula is C17H18N4O. The molecule has 1 unspecified atom stereocenters. The Labute approximate surface area is 129 Å². The van der Waals surface area contributed by atoms with Gasteiger partial charge in [0, 0.05) is 38.2 Å². The third kappa shape index (κ3) is 2.48.